The molecular formula is C37H30N2O3S2. The van der Waals surface area contributed by atoms with Crippen molar-refractivity contribution in [1.82, 2.24) is 4.90 Å². The zero-order valence-electron chi connectivity index (χ0n) is 24.0. The van der Waals surface area contributed by atoms with Crippen LogP contribution in [0.3, 0.4) is 0 Å². The van der Waals surface area contributed by atoms with Crippen molar-refractivity contribution < 1.29 is 14.3 Å². The summed E-state index contributed by atoms with van der Waals surface area (Å²) in [5.41, 5.74) is 9.48. The van der Waals surface area contributed by atoms with E-state index in [2.05, 4.69) is 102 Å². The number of fused-ring (bicyclic) bond motifs is 3. The Kier molecular flexibility index (Phi) is 7.90. The number of ether oxygens (including phenoxy) is 1. The van der Waals surface area contributed by atoms with E-state index in [0.29, 0.717) is 27.7 Å². The first-order chi connectivity index (χ1) is 21.6. The summed E-state index contributed by atoms with van der Waals surface area (Å²) in [6.45, 7) is 0.159. The Hall–Kier alpha value is -4.46. The van der Waals surface area contributed by atoms with Crippen LogP contribution in [0.1, 0.15) is 53.0 Å². The normalized spacial score (nSPS) is 19.7. The highest BCUT2D eigenvalue weighted by atomic mass is 32.2. The maximum absolute atomic E-state index is 12.9. The van der Waals surface area contributed by atoms with Crippen molar-refractivity contribution in [3.63, 3.8) is 0 Å². The number of hydrogen-bond acceptors (Lipinski definition) is 6. The monoisotopic (exact) mass is 614 g/mol. The lowest BCUT2D eigenvalue weighted by atomic mass is 9.95. The second-order valence-electron chi connectivity index (χ2n) is 11.2. The summed E-state index contributed by atoms with van der Waals surface area (Å²) in [5, 5.41) is 0. The lowest BCUT2D eigenvalue weighted by molar-refractivity contribution is -0.135. The van der Waals surface area contributed by atoms with E-state index in [1.807, 2.05) is 18.2 Å². The number of benzene rings is 4. The van der Waals surface area contributed by atoms with Crippen LogP contribution in [-0.2, 0) is 14.3 Å². The highest BCUT2D eigenvalue weighted by molar-refractivity contribution is 8.26. The van der Waals surface area contributed by atoms with Crippen LogP contribution in [0, 0.1) is 0 Å². The first-order valence-electron chi connectivity index (χ1n) is 14.8. The molecule has 1 saturated carbocycles. The lowest BCUT2D eigenvalue weighted by Gasteiger charge is -2.27. The highest BCUT2D eigenvalue weighted by Gasteiger charge is 2.42. The molecule has 7 heteroatoms. The molecule has 2 fully saturated rings. The van der Waals surface area contributed by atoms with Gasteiger partial charge in [0.05, 0.1) is 4.91 Å². The van der Waals surface area contributed by atoms with E-state index >= 15 is 0 Å². The molecule has 0 aromatic heterocycles. The third-order valence-electron chi connectivity index (χ3n) is 8.62. The number of amides is 1. The predicted molar refractivity (Wildman–Crippen MR) is 182 cm³/mol. The number of thiocarbonyl (C=S) groups is 1. The molecule has 218 valence electrons. The van der Waals surface area contributed by atoms with E-state index < -0.39 is 0 Å². The van der Waals surface area contributed by atoms with E-state index in [-0.39, 0.29) is 12.6 Å². The summed E-state index contributed by atoms with van der Waals surface area (Å²) >= 11 is 6.57. The molecule has 4 aromatic carbocycles. The Bertz CT molecular complexity index is 1740. The maximum atomic E-state index is 12.9. The molecule has 1 amide bonds. The summed E-state index contributed by atoms with van der Waals surface area (Å²) < 4.78 is 5.17. The molecule has 1 saturated heterocycles. The molecule has 2 atom stereocenters. The van der Waals surface area contributed by atoms with Crippen LogP contribution in [0.4, 0.5) is 11.4 Å². The van der Waals surface area contributed by atoms with Crippen LogP contribution in [-0.4, -0.2) is 34.4 Å². The highest BCUT2D eigenvalue weighted by Crippen LogP contribution is 2.52. The van der Waals surface area contributed by atoms with Crippen molar-refractivity contribution in [2.45, 2.75) is 31.2 Å². The Morgan fingerprint density at radius 3 is 2.25 bits per heavy atom. The molecule has 2 heterocycles. The molecule has 2 aliphatic heterocycles. The van der Waals surface area contributed by atoms with Crippen molar-refractivity contribution in [3.8, 4) is 0 Å². The van der Waals surface area contributed by atoms with Crippen LogP contribution in [0.15, 0.2) is 108 Å². The summed E-state index contributed by atoms with van der Waals surface area (Å²) in [7, 11) is 0. The number of nitrogens with zero attached hydrogens (tertiary/aromatic N) is 2. The summed E-state index contributed by atoms with van der Waals surface area (Å²) in [5.74, 6) is 0.218. The van der Waals surface area contributed by atoms with Gasteiger partial charge in [0.25, 0.3) is 12.4 Å². The Labute approximate surface area is 266 Å². The number of rotatable bonds is 8. The molecule has 7 rings (SSSR count). The molecule has 44 heavy (non-hydrogen) atoms. The van der Waals surface area contributed by atoms with Gasteiger partial charge >= 0.3 is 0 Å². The topological polar surface area (TPSA) is 49.9 Å². The minimum Gasteiger partial charge on any atom is -0.446 e. The van der Waals surface area contributed by atoms with E-state index in [1.54, 1.807) is 0 Å². The van der Waals surface area contributed by atoms with Crippen molar-refractivity contribution in [3.05, 3.63) is 136 Å². The predicted octanol–water partition coefficient (Wildman–Crippen LogP) is 8.40. The van der Waals surface area contributed by atoms with E-state index in [4.69, 9.17) is 17.0 Å². The van der Waals surface area contributed by atoms with Crippen LogP contribution in [0.25, 0.3) is 17.7 Å². The van der Waals surface area contributed by atoms with Crippen molar-refractivity contribution in [2.24, 2.45) is 0 Å². The van der Waals surface area contributed by atoms with E-state index in [9.17, 15) is 9.59 Å². The molecule has 4 aromatic rings. The molecular weight excluding hydrogens is 585 g/mol. The quantitative estimate of drug-likeness (QED) is 0.0860. The number of anilines is 2. The standard InChI is InChI=1S/C37H30N2O3S2/c40-24-42-23-38-36(41)35(44-37(38)43)22-26-16-19-34-32(21-26)30-12-7-13-33(30)39(34)29-17-14-25(15-18-29)20-31(27-8-3-1-4-9-27)28-10-5-2-6-11-28/h1-6,8-11,14-22,24,30,33H,7,12-13,23H2/t30-,33-/m0/s1. The Morgan fingerprint density at radius 1 is 0.886 bits per heavy atom. The minimum absolute atomic E-state index is 0.164. The fourth-order valence-electron chi connectivity index (χ4n) is 6.63. The van der Waals surface area contributed by atoms with Gasteiger partial charge in [-0.1, -0.05) is 109 Å². The number of carbonyl (C=O) groups is 2. The van der Waals surface area contributed by atoms with Gasteiger partial charge in [0.2, 0.25) is 0 Å². The maximum Gasteiger partial charge on any atom is 0.294 e. The van der Waals surface area contributed by atoms with Crippen molar-refractivity contribution in [1.29, 1.82) is 0 Å². The average molecular weight is 615 g/mol. The molecule has 3 aliphatic rings. The smallest absolute Gasteiger partial charge is 0.294 e. The molecule has 0 unspecified atom stereocenters. The number of thioether (sulfide) groups is 1. The van der Waals surface area contributed by atoms with Gasteiger partial charge in [-0.2, -0.15) is 0 Å². The van der Waals surface area contributed by atoms with Gasteiger partial charge in [-0.05, 0) is 82.6 Å². The Balaban J connectivity index is 1.18. The van der Waals surface area contributed by atoms with Gasteiger partial charge in [-0.15, -0.1) is 0 Å². The van der Waals surface area contributed by atoms with Crippen LogP contribution >= 0.6 is 24.0 Å². The van der Waals surface area contributed by atoms with E-state index in [0.717, 1.165) is 24.0 Å². The second kappa shape index (κ2) is 12.3. The van der Waals surface area contributed by atoms with Gasteiger partial charge in [0, 0.05) is 23.3 Å². The summed E-state index contributed by atoms with van der Waals surface area (Å²) in [6.07, 6.45) is 7.66. The first-order valence-corrected chi connectivity index (χ1v) is 16.0. The summed E-state index contributed by atoms with van der Waals surface area (Å²) in [6, 6.07) is 36.9. The Morgan fingerprint density at radius 2 is 1.57 bits per heavy atom. The second-order valence-corrected chi connectivity index (χ2v) is 12.9. The van der Waals surface area contributed by atoms with E-state index in [1.165, 1.54) is 56.7 Å². The van der Waals surface area contributed by atoms with Crippen LogP contribution in [0.2, 0.25) is 0 Å². The van der Waals surface area contributed by atoms with Crippen LogP contribution in [0.5, 0.6) is 0 Å². The molecule has 0 N–H and O–H groups in total. The van der Waals surface area contributed by atoms with Gasteiger partial charge in [-0.25, -0.2) is 0 Å². The molecule has 0 bridgehead atoms. The zero-order chi connectivity index (χ0) is 30.0. The lowest BCUT2D eigenvalue weighted by Crippen LogP contribution is -2.30. The fraction of sp³-hybridized carbons (Fsp3) is 0.162. The van der Waals surface area contributed by atoms with Gasteiger partial charge in [-0.3, -0.25) is 14.5 Å². The average Bonchev–Trinajstić information content (AvgIpc) is 3.73. The van der Waals surface area contributed by atoms with Crippen molar-refractivity contribution in [2.75, 3.05) is 11.6 Å². The fourth-order valence-corrected chi connectivity index (χ4v) is 7.87. The van der Waals surface area contributed by atoms with Gasteiger partial charge in [0.15, 0.2) is 11.1 Å². The minimum atomic E-state index is -0.237. The number of hydrogen-bond donors (Lipinski definition) is 0. The van der Waals surface area contributed by atoms with Crippen molar-refractivity contribution >= 4 is 69.8 Å². The number of carbonyl (C=O) groups excluding carboxylic acids is 2. The van der Waals surface area contributed by atoms with Gasteiger partial charge in [0.1, 0.15) is 0 Å². The molecule has 0 spiro atoms. The third kappa shape index (κ3) is 5.38. The largest absolute Gasteiger partial charge is 0.446 e. The molecule has 5 nitrogen and oxygen atoms in total. The molecule has 1 aliphatic carbocycles. The third-order valence-corrected chi connectivity index (χ3v) is 9.99. The zero-order valence-corrected chi connectivity index (χ0v) is 25.6. The first kappa shape index (κ1) is 28.3. The van der Waals surface area contributed by atoms with Gasteiger partial charge < -0.3 is 9.64 Å². The molecule has 0 radical (unpaired) electrons. The van der Waals surface area contributed by atoms with Crippen LogP contribution < -0.4 is 4.90 Å². The summed E-state index contributed by atoms with van der Waals surface area (Å²) in [4.78, 5) is 27.8. The SMILES string of the molecule is O=COCN1C(=O)C(=Cc2ccc3c(c2)[C@@H]2CCC[C@@H]2N3c2ccc(C=C(c3ccccc3)c3ccccc3)cc2)SC1=S.